The normalized spacial score (nSPS) is 14.9. The van der Waals surface area contributed by atoms with Crippen LogP contribution in [0, 0.1) is 11.7 Å². The largest absolute Gasteiger partial charge is 0.346 e. The summed E-state index contributed by atoms with van der Waals surface area (Å²) in [6, 6.07) is 11.2. The van der Waals surface area contributed by atoms with Crippen molar-refractivity contribution in [1.29, 1.82) is 0 Å². The first-order valence-electron chi connectivity index (χ1n) is 11.5. The molecule has 1 N–H and O–H groups in total. The number of aromatic nitrogens is 3. The van der Waals surface area contributed by atoms with E-state index < -0.39 is 0 Å². The standard InChI is InChI=1S/C25H27Cl2FN4OS/c1-16(29-23(33)13-8-17-4-2-3-5-17)24-30-31-25(34-15-18-6-10-20(28)11-7-18)32(24)22-12-9-19(26)14-21(22)27/h6-7,9-12,14,16-17H,2-5,8,13,15H2,1H3,(H,29,33). The van der Waals surface area contributed by atoms with Crippen LogP contribution in [0.5, 0.6) is 0 Å². The number of hydrogen-bond donors (Lipinski definition) is 1. The molecule has 0 spiro atoms. The molecule has 1 atom stereocenters. The first-order chi connectivity index (χ1) is 16.4. The Hall–Kier alpha value is -2.09. The molecule has 1 fully saturated rings. The highest BCUT2D eigenvalue weighted by Gasteiger charge is 2.23. The van der Waals surface area contributed by atoms with Crippen LogP contribution in [0.2, 0.25) is 10.0 Å². The summed E-state index contributed by atoms with van der Waals surface area (Å²) in [6.07, 6.45) is 6.42. The van der Waals surface area contributed by atoms with Crippen molar-refractivity contribution in [3.05, 3.63) is 69.7 Å². The van der Waals surface area contributed by atoms with E-state index in [2.05, 4.69) is 15.5 Å². The van der Waals surface area contributed by atoms with Crippen LogP contribution in [0.1, 0.15) is 62.9 Å². The van der Waals surface area contributed by atoms with E-state index in [4.69, 9.17) is 23.2 Å². The molecule has 1 heterocycles. The molecule has 4 rings (SSSR count). The summed E-state index contributed by atoms with van der Waals surface area (Å²) in [7, 11) is 0. The lowest BCUT2D eigenvalue weighted by molar-refractivity contribution is -0.122. The first kappa shape index (κ1) is 25.0. The smallest absolute Gasteiger partial charge is 0.220 e. The quantitative estimate of drug-likeness (QED) is 0.304. The minimum Gasteiger partial charge on any atom is -0.346 e. The highest BCUT2D eigenvalue weighted by atomic mass is 35.5. The maximum absolute atomic E-state index is 13.3. The Morgan fingerprint density at radius 3 is 2.62 bits per heavy atom. The number of hydrogen-bond acceptors (Lipinski definition) is 4. The molecule has 2 aromatic carbocycles. The van der Waals surface area contributed by atoms with E-state index in [-0.39, 0.29) is 17.8 Å². The number of halogens is 3. The molecule has 9 heteroatoms. The molecule has 180 valence electrons. The van der Waals surface area contributed by atoms with Gasteiger partial charge in [-0.25, -0.2) is 4.39 Å². The van der Waals surface area contributed by atoms with Crippen LogP contribution < -0.4 is 5.32 Å². The molecule has 0 bridgehead atoms. The molecule has 1 unspecified atom stereocenters. The van der Waals surface area contributed by atoms with Crippen molar-refractivity contribution in [2.24, 2.45) is 5.92 Å². The van der Waals surface area contributed by atoms with Crippen LogP contribution in [0.3, 0.4) is 0 Å². The predicted molar refractivity (Wildman–Crippen MR) is 135 cm³/mol. The van der Waals surface area contributed by atoms with Gasteiger partial charge >= 0.3 is 0 Å². The second-order valence-corrected chi connectivity index (χ2v) is 10.5. The maximum atomic E-state index is 13.3. The monoisotopic (exact) mass is 520 g/mol. The summed E-state index contributed by atoms with van der Waals surface area (Å²) < 4.78 is 15.1. The molecule has 1 aromatic heterocycles. The number of nitrogens with zero attached hydrogens (tertiary/aromatic N) is 3. The Morgan fingerprint density at radius 2 is 1.91 bits per heavy atom. The summed E-state index contributed by atoms with van der Waals surface area (Å²) in [5.41, 5.74) is 1.64. The van der Waals surface area contributed by atoms with E-state index in [1.807, 2.05) is 17.6 Å². The first-order valence-corrected chi connectivity index (χ1v) is 13.2. The topological polar surface area (TPSA) is 59.8 Å². The molecule has 1 aliphatic carbocycles. The van der Waals surface area contributed by atoms with Crippen LogP contribution in [-0.2, 0) is 10.5 Å². The number of amides is 1. The van der Waals surface area contributed by atoms with Gasteiger partial charge in [-0.3, -0.25) is 9.36 Å². The summed E-state index contributed by atoms with van der Waals surface area (Å²) in [5, 5.41) is 13.5. The molecule has 34 heavy (non-hydrogen) atoms. The van der Waals surface area contributed by atoms with Gasteiger partial charge < -0.3 is 5.32 Å². The highest BCUT2D eigenvalue weighted by Crippen LogP contribution is 2.33. The van der Waals surface area contributed by atoms with E-state index in [0.29, 0.717) is 44.8 Å². The van der Waals surface area contributed by atoms with Crippen molar-refractivity contribution in [3.63, 3.8) is 0 Å². The summed E-state index contributed by atoms with van der Waals surface area (Å²) >= 11 is 14.1. The molecule has 5 nitrogen and oxygen atoms in total. The van der Waals surface area contributed by atoms with Crippen molar-refractivity contribution >= 4 is 40.9 Å². The third-order valence-corrected chi connectivity index (χ3v) is 7.65. The van der Waals surface area contributed by atoms with E-state index in [9.17, 15) is 9.18 Å². The molecule has 1 aliphatic rings. The average molecular weight is 521 g/mol. The Labute approximate surface area is 213 Å². The van der Waals surface area contributed by atoms with Gasteiger partial charge in [0.15, 0.2) is 11.0 Å². The number of thioether (sulfide) groups is 1. The molecule has 0 radical (unpaired) electrons. The van der Waals surface area contributed by atoms with Crippen molar-refractivity contribution in [2.45, 2.75) is 62.4 Å². The molecule has 0 saturated heterocycles. The van der Waals surface area contributed by atoms with E-state index >= 15 is 0 Å². The van der Waals surface area contributed by atoms with Gasteiger partial charge in [0.2, 0.25) is 5.91 Å². The number of benzene rings is 2. The fraction of sp³-hybridized carbons (Fsp3) is 0.400. The molecular weight excluding hydrogens is 494 g/mol. The third-order valence-electron chi connectivity index (χ3n) is 6.11. The van der Waals surface area contributed by atoms with E-state index in [1.54, 1.807) is 24.3 Å². The number of rotatable bonds is 9. The molecule has 0 aliphatic heterocycles. The fourth-order valence-corrected chi connectivity index (χ4v) is 5.69. The van der Waals surface area contributed by atoms with Gasteiger partial charge in [0, 0.05) is 17.2 Å². The Balaban J connectivity index is 1.54. The average Bonchev–Trinajstić information content (AvgIpc) is 3.47. The van der Waals surface area contributed by atoms with Crippen molar-refractivity contribution < 1.29 is 9.18 Å². The third kappa shape index (κ3) is 6.32. The van der Waals surface area contributed by atoms with Crippen molar-refractivity contribution in [3.8, 4) is 5.69 Å². The second-order valence-electron chi connectivity index (χ2n) is 8.67. The maximum Gasteiger partial charge on any atom is 0.220 e. The lowest BCUT2D eigenvalue weighted by atomic mass is 10.0. The zero-order valence-corrected chi connectivity index (χ0v) is 21.3. The van der Waals surface area contributed by atoms with Gasteiger partial charge in [0.25, 0.3) is 0 Å². The number of carbonyl (C=O) groups excluding carboxylic acids is 1. The van der Waals surface area contributed by atoms with Gasteiger partial charge in [-0.05, 0) is 55.2 Å². The zero-order valence-electron chi connectivity index (χ0n) is 18.9. The Morgan fingerprint density at radius 1 is 1.18 bits per heavy atom. The van der Waals surface area contributed by atoms with Gasteiger partial charge in [-0.2, -0.15) is 0 Å². The van der Waals surface area contributed by atoms with Gasteiger partial charge in [-0.15, -0.1) is 10.2 Å². The zero-order chi connectivity index (χ0) is 24.1. The highest BCUT2D eigenvalue weighted by molar-refractivity contribution is 7.98. The van der Waals surface area contributed by atoms with Crippen LogP contribution in [0.25, 0.3) is 5.69 Å². The van der Waals surface area contributed by atoms with Crippen LogP contribution in [0.4, 0.5) is 4.39 Å². The number of nitrogens with one attached hydrogen (secondary N) is 1. The Bertz CT molecular complexity index is 1130. The van der Waals surface area contributed by atoms with Crippen molar-refractivity contribution in [1.82, 2.24) is 20.1 Å². The lowest BCUT2D eigenvalue weighted by Crippen LogP contribution is -2.28. The second kappa shape index (κ2) is 11.6. The SMILES string of the molecule is CC(NC(=O)CCC1CCCC1)c1nnc(SCc2ccc(F)cc2)n1-c1ccc(Cl)cc1Cl. The minimum atomic E-state index is -0.365. The number of carbonyl (C=O) groups is 1. The van der Waals surface area contributed by atoms with Gasteiger partial charge in [0.05, 0.1) is 16.8 Å². The lowest BCUT2D eigenvalue weighted by Gasteiger charge is -2.18. The fourth-order valence-electron chi connectivity index (χ4n) is 4.29. The Kier molecular flexibility index (Phi) is 8.51. The molecule has 1 amide bonds. The molecular formula is C25H27Cl2FN4OS. The van der Waals surface area contributed by atoms with E-state index in [0.717, 1.165) is 12.0 Å². The van der Waals surface area contributed by atoms with Crippen LogP contribution >= 0.6 is 35.0 Å². The van der Waals surface area contributed by atoms with Crippen LogP contribution in [0.15, 0.2) is 47.6 Å². The minimum absolute atomic E-state index is 0.0108. The predicted octanol–water partition coefficient (Wildman–Crippen LogP) is 7.15. The molecule has 1 saturated carbocycles. The summed E-state index contributed by atoms with van der Waals surface area (Å²) in [4.78, 5) is 12.6. The summed E-state index contributed by atoms with van der Waals surface area (Å²) in [6.45, 7) is 1.90. The molecule has 3 aromatic rings. The van der Waals surface area contributed by atoms with Crippen molar-refractivity contribution in [2.75, 3.05) is 0 Å². The van der Waals surface area contributed by atoms with Crippen LogP contribution in [-0.4, -0.2) is 20.7 Å². The van der Waals surface area contributed by atoms with E-state index in [1.165, 1.54) is 49.6 Å². The van der Waals surface area contributed by atoms with Gasteiger partial charge in [0.1, 0.15) is 5.82 Å². The summed E-state index contributed by atoms with van der Waals surface area (Å²) in [5.74, 6) is 1.56. The van der Waals surface area contributed by atoms with Gasteiger partial charge in [-0.1, -0.05) is 72.8 Å².